The van der Waals surface area contributed by atoms with Crippen LogP contribution in [0.25, 0.3) is 11.3 Å². The summed E-state index contributed by atoms with van der Waals surface area (Å²) in [6.45, 7) is 6.31. The number of aryl methyl sites for hydroxylation is 1. The molecule has 0 radical (unpaired) electrons. The Morgan fingerprint density at radius 3 is 2.72 bits per heavy atom. The van der Waals surface area contributed by atoms with E-state index in [1.54, 1.807) is 11.3 Å². The SMILES string of the molecule is CCCCC(CC)C(=O)Nc1cccc(-c2csc(Nc3ccccc3C)n2)c1. The molecule has 0 bridgehead atoms. The second kappa shape index (κ2) is 10.2. The van der Waals surface area contributed by atoms with Gasteiger partial charge in [0.25, 0.3) is 0 Å². The fraction of sp³-hybridized carbons (Fsp3) is 0.333. The molecule has 2 aromatic carbocycles. The zero-order valence-electron chi connectivity index (χ0n) is 17.4. The lowest BCUT2D eigenvalue weighted by Gasteiger charge is -2.15. The second-order valence-electron chi connectivity index (χ2n) is 7.30. The van der Waals surface area contributed by atoms with Crippen LogP contribution in [0, 0.1) is 12.8 Å². The first-order valence-corrected chi connectivity index (χ1v) is 11.2. The third kappa shape index (κ3) is 5.67. The van der Waals surface area contributed by atoms with Crippen LogP contribution in [0.1, 0.15) is 45.1 Å². The number of para-hydroxylation sites is 1. The molecular formula is C24H29N3OS. The number of anilines is 3. The number of thiazole rings is 1. The van der Waals surface area contributed by atoms with Gasteiger partial charge in [0.2, 0.25) is 5.91 Å². The van der Waals surface area contributed by atoms with Crippen LogP contribution in [0.15, 0.2) is 53.9 Å². The third-order valence-electron chi connectivity index (χ3n) is 5.09. The molecule has 0 aliphatic rings. The molecule has 0 aliphatic heterocycles. The predicted octanol–water partition coefficient (Wildman–Crippen LogP) is 7.02. The fourth-order valence-corrected chi connectivity index (χ4v) is 4.00. The average Bonchev–Trinajstić information content (AvgIpc) is 3.19. The Morgan fingerprint density at radius 2 is 1.97 bits per heavy atom. The van der Waals surface area contributed by atoms with Gasteiger partial charge in [-0.1, -0.05) is 57.0 Å². The first kappa shape index (κ1) is 21.1. The summed E-state index contributed by atoms with van der Waals surface area (Å²) in [7, 11) is 0. The highest BCUT2D eigenvalue weighted by molar-refractivity contribution is 7.14. The van der Waals surface area contributed by atoms with Gasteiger partial charge in [-0.25, -0.2) is 4.98 Å². The largest absolute Gasteiger partial charge is 0.331 e. The maximum atomic E-state index is 12.6. The molecule has 1 amide bonds. The van der Waals surface area contributed by atoms with E-state index in [1.807, 2.05) is 41.8 Å². The quantitative estimate of drug-likeness (QED) is 0.401. The van der Waals surface area contributed by atoms with E-state index < -0.39 is 0 Å². The van der Waals surface area contributed by atoms with E-state index in [2.05, 4.69) is 43.5 Å². The van der Waals surface area contributed by atoms with Crippen molar-refractivity contribution in [2.75, 3.05) is 10.6 Å². The molecule has 1 unspecified atom stereocenters. The van der Waals surface area contributed by atoms with E-state index in [0.29, 0.717) is 0 Å². The Balaban J connectivity index is 1.70. The number of nitrogens with one attached hydrogen (secondary N) is 2. The van der Waals surface area contributed by atoms with E-state index in [9.17, 15) is 4.79 Å². The van der Waals surface area contributed by atoms with Gasteiger partial charge < -0.3 is 10.6 Å². The number of hydrogen-bond donors (Lipinski definition) is 2. The number of rotatable bonds is 9. The number of amides is 1. The number of aromatic nitrogens is 1. The summed E-state index contributed by atoms with van der Waals surface area (Å²) >= 11 is 1.58. The zero-order valence-corrected chi connectivity index (χ0v) is 18.2. The van der Waals surface area contributed by atoms with Gasteiger partial charge in [0.05, 0.1) is 5.69 Å². The van der Waals surface area contributed by atoms with Gasteiger partial charge in [-0.15, -0.1) is 11.3 Å². The van der Waals surface area contributed by atoms with E-state index in [4.69, 9.17) is 4.98 Å². The standard InChI is InChI=1S/C24H29N3OS/c1-4-6-11-18(5-2)23(28)25-20-13-9-12-19(15-20)22-16-29-24(27-22)26-21-14-8-7-10-17(21)3/h7-10,12-16,18H,4-6,11H2,1-3H3,(H,25,28)(H,26,27). The van der Waals surface area contributed by atoms with Crippen molar-refractivity contribution in [1.29, 1.82) is 0 Å². The number of carbonyl (C=O) groups is 1. The van der Waals surface area contributed by atoms with Crippen molar-refractivity contribution in [3.8, 4) is 11.3 Å². The maximum absolute atomic E-state index is 12.6. The molecule has 3 rings (SSSR count). The summed E-state index contributed by atoms with van der Waals surface area (Å²) in [5, 5.41) is 9.37. The van der Waals surface area contributed by atoms with Crippen LogP contribution in [0.4, 0.5) is 16.5 Å². The third-order valence-corrected chi connectivity index (χ3v) is 5.84. The number of nitrogens with zero attached hydrogens (tertiary/aromatic N) is 1. The number of benzene rings is 2. The number of unbranched alkanes of at least 4 members (excludes halogenated alkanes) is 1. The predicted molar refractivity (Wildman–Crippen MR) is 124 cm³/mol. The molecule has 1 heterocycles. The summed E-state index contributed by atoms with van der Waals surface area (Å²) in [6.07, 6.45) is 4.01. The summed E-state index contributed by atoms with van der Waals surface area (Å²) in [5.41, 5.74) is 4.97. The molecular weight excluding hydrogens is 378 g/mol. The van der Waals surface area contributed by atoms with Crippen molar-refractivity contribution in [2.45, 2.75) is 46.5 Å². The maximum Gasteiger partial charge on any atom is 0.227 e. The van der Waals surface area contributed by atoms with Crippen molar-refractivity contribution < 1.29 is 4.79 Å². The van der Waals surface area contributed by atoms with Crippen LogP contribution in [-0.4, -0.2) is 10.9 Å². The van der Waals surface area contributed by atoms with E-state index in [1.165, 1.54) is 5.56 Å². The summed E-state index contributed by atoms with van der Waals surface area (Å²) in [6, 6.07) is 16.1. The smallest absolute Gasteiger partial charge is 0.227 e. The molecule has 29 heavy (non-hydrogen) atoms. The van der Waals surface area contributed by atoms with Crippen LogP contribution in [0.5, 0.6) is 0 Å². The Kier molecular flexibility index (Phi) is 7.42. The zero-order chi connectivity index (χ0) is 20.6. The molecule has 0 saturated carbocycles. The highest BCUT2D eigenvalue weighted by atomic mass is 32.1. The van der Waals surface area contributed by atoms with E-state index in [-0.39, 0.29) is 11.8 Å². The molecule has 0 spiro atoms. The molecule has 4 nitrogen and oxygen atoms in total. The van der Waals surface area contributed by atoms with Crippen LogP contribution < -0.4 is 10.6 Å². The van der Waals surface area contributed by atoms with Gasteiger partial charge in [-0.2, -0.15) is 0 Å². The first-order chi connectivity index (χ1) is 14.1. The average molecular weight is 408 g/mol. The Labute approximate surface area is 177 Å². The van der Waals surface area contributed by atoms with Gasteiger partial charge in [-0.05, 0) is 43.5 Å². The second-order valence-corrected chi connectivity index (χ2v) is 8.15. The van der Waals surface area contributed by atoms with Gasteiger partial charge in [0.1, 0.15) is 0 Å². The summed E-state index contributed by atoms with van der Waals surface area (Å²) in [4.78, 5) is 17.3. The monoisotopic (exact) mass is 407 g/mol. The van der Waals surface area contributed by atoms with Gasteiger partial charge >= 0.3 is 0 Å². The van der Waals surface area contributed by atoms with E-state index >= 15 is 0 Å². The molecule has 3 aromatic rings. The highest BCUT2D eigenvalue weighted by Crippen LogP contribution is 2.29. The van der Waals surface area contributed by atoms with Gasteiger partial charge in [0.15, 0.2) is 5.13 Å². The van der Waals surface area contributed by atoms with Crippen LogP contribution >= 0.6 is 11.3 Å². The molecule has 152 valence electrons. The van der Waals surface area contributed by atoms with Crippen molar-refractivity contribution in [2.24, 2.45) is 5.92 Å². The molecule has 0 fully saturated rings. The molecule has 0 saturated heterocycles. The minimum absolute atomic E-state index is 0.0720. The molecule has 0 aliphatic carbocycles. The fourth-order valence-electron chi connectivity index (χ4n) is 3.26. The van der Waals surface area contributed by atoms with Crippen molar-refractivity contribution in [1.82, 2.24) is 4.98 Å². The van der Waals surface area contributed by atoms with Crippen molar-refractivity contribution in [3.05, 3.63) is 59.5 Å². The Morgan fingerprint density at radius 1 is 1.14 bits per heavy atom. The van der Waals surface area contributed by atoms with Gasteiger partial charge in [0, 0.05) is 28.2 Å². The minimum Gasteiger partial charge on any atom is -0.331 e. The molecule has 1 atom stereocenters. The summed E-state index contributed by atoms with van der Waals surface area (Å²) in [5.74, 6) is 0.182. The summed E-state index contributed by atoms with van der Waals surface area (Å²) < 4.78 is 0. The number of hydrogen-bond acceptors (Lipinski definition) is 4. The number of carbonyl (C=O) groups excluding carboxylic acids is 1. The molecule has 1 aromatic heterocycles. The topological polar surface area (TPSA) is 54.0 Å². The molecule has 5 heteroatoms. The van der Waals surface area contributed by atoms with Crippen molar-refractivity contribution in [3.63, 3.8) is 0 Å². The lowest BCUT2D eigenvalue weighted by Crippen LogP contribution is -2.22. The lowest BCUT2D eigenvalue weighted by molar-refractivity contribution is -0.120. The first-order valence-electron chi connectivity index (χ1n) is 10.3. The van der Waals surface area contributed by atoms with E-state index in [0.717, 1.165) is 53.4 Å². The van der Waals surface area contributed by atoms with Crippen LogP contribution in [0.2, 0.25) is 0 Å². The normalized spacial score (nSPS) is 11.8. The highest BCUT2D eigenvalue weighted by Gasteiger charge is 2.16. The van der Waals surface area contributed by atoms with Crippen LogP contribution in [-0.2, 0) is 4.79 Å². The van der Waals surface area contributed by atoms with Gasteiger partial charge in [-0.3, -0.25) is 4.79 Å². The van der Waals surface area contributed by atoms with Crippen molar-refractivity contribution >= 4 is 33.8 Å². The van der Waals surface area contributed by atoms with Crippen LogP contribution in [0.3, 0.4) is 0 Å². The minimum atomic E-state index is 0.0720. The molecule has 2 N–H and O–H groups in total. The Hall–Kier alpha value is -2.66. The lowest BCUT2D eigenvalue weighted by atomic mass is 9.98. The Bertz CT molecular complexity index is 951.